The van der Waals surface area contributed by atoms with Crippen LogP contribution in [0.3, 0.4) is 0 Å². The fourth-order valence-electron chi connectivity index (χ4n) is 3.64. The first kappa shape index (κ1) is 17.5. The molecule has 0 amide bonds. The van der Waals surface area contributed by atoms with Crippen LogP contribution in [-0.2, 0) is 4.74 Å². The van der Waals surface area contributed by atoms with E-state index in [0.717, 1.165) is 51.0 Å². The first-order chi connectivity index (χ1) is 10.8. The Labute approximate surface area is 136 Å². The molecule has 0 aromatic rings. The van der Waals surface area contributed by atoms with Crippen LogP contribution >= 0.6 is 0 Å². The molecule has 2 heterocycles. The molecule has 128 valence electrons. The van der Waals surface area contributed by atoms with Crippen molar-refractivity contribution in [2.24, 2.45) is 10.9 Å². The van der Waals surface area contributed by atoms with Crippen molar-refractivity contribution >= 4 is 5.96 Å². The molecule has 0 bridgehead atoms. The molecule has 0 spiro atoms. The molecule has 1 atom stereocenters. The first-order valence-corrected chi connectivity index (χ1v) is 9.06. The van der Waals surface area contributed by atoms with Gasteiger partial charge in [0.1, 0.15) is 0 Å². The van der Waals surface area contributed by atoms with Crippen molar-refractivity contribution in [3.05, 3.63) is 0 Å². The Balaban J connectivity index is 1.73. The fraction of sp³-hybridized carbons (Fsp3) is 0.941. The Hall–Kier alpha value is -0.810. The van der Waals surface area contributed by atoms with E-state index in [0.29, 0.717) is 6.10 Å². The number of guanidine groups is 1. The van der Waals surface area contributed by atoms with Gasteiger partial charge in [-0.15, -0.1) is 0 Å². The average Bonchev–Trinajstić information content (AvgIpc) is 2.57. The summed E-state index contributed by atoms with van der Waals surface area (Å²) in [6, 6.07) is 0. The van der Waals surface area contributed by atoms with Crippen LogP contribution in [0.15, 0.2) is 4.99 Å². The number of likely N-dealkylation sites (tertiary alicyclic amines) is 2. The Morgan fingerprint density at radius 1 is 1.18 bits per heavy atom. The van der Waals surface area contributed by atoms with Gasteiger partial charge < -0.3 is 19.9 Å². The van der Waals surface area contributed by atoms with E-state index in [1.807, 2.05) is 7.05 Å². The smallest absolute Gasteiger partial charge is 0.193 e. The molecule has 0 radical (unpaired) electrons. The number of ether oxygens (including phenoxy) is 1. The molecule has 5 heteroatoms. The largest absolute Gasteiger partial charge is 0.378 e. The van der Waals surface area contributed by atoms with Gasteiger partial charge in [-0.3, -0.25) is 4.99 Å². The van der Waals surface area contributed by atoms with E-state index in [1.54, 1.807) is 0 Å². The van der Waals surface area contributed by atoms with Crippen LogP contribution < -0.4 is 5.32 Å². The van der Waals surface area contributed by atoms with Crippen LogP contribution in [0.2, 0.25) is 0 Å². The van der Waals surface area contributed by atoms with Gasteiger partial charge in [-0.25, -0.2) is 0 Å². The van der Waals surface area contributed by atoms with Gasteiger partial charge in [-0.2, -0.15) is 0 Å². The van der Waals surface area contributed by atoms with Gasteiger partial charge in [0, 0.05) is 39.8 Å². The highest BCUT2D eigenvalue weighted by Crippen LogP contribution is 2.16. The van der Waals surface area contributed by atoms with Crippen LogP contribution in [0.5, 0.6) is 0 Å². The van der Waals surface area contributed by atoms with E-state index in [2.05, 4.69) is 34.0 Å². The maximum absolute atomic E-state index is 5.73. The van der Waals surface area contributed by atoms with Crippen molar-refractivity contribution in [3.8, 4) is 0 Å². The highest BCUT2D eigenvalue weighted by atomic mass is 16.5. The highest BCUT2D eigenvalue weighted by Gasteiger charge is 2.23. The third-order valence-corrected chi connectivity index (χ3v) is 4.95. The van der Waals surface area contributed by atoms with Gasteiger partial charge in [0.2, 0.25) is 0 Å². The lowest BCUT2D eigenvalue weighted by Gasteiger charge is -2.36. The van der Waals surface area contributed by atoms with Crippen molar-refractivity contribution in [1.29, 1.82) is 0 Å². The van der Waals surface area contributed by atoms with Gasteiger partial charge in [-0.1, -0.05) is 6.92 Å². The molecule has 1 N–H and O–H groups in total. The van der Waals surface area contributed by atoms with Crippen molar-refractivity contribution in [3.63, 3.8) is 0 Å². The van der Waals surface area contributed by atoms with Crippen molar-refractivity contribution in [2.45, 2.75) is 45.6 Å². The molecule has 2 aliphatic heterocycles. The van der Waals surface area contributed by atoms with Gasteiger partial charge in [-0.05, 0) is 51.6 Å². The summed E-state index contributed by atoms with van der Waals surface area (Å²) in [4.78, 5) is 9.43. The molecular weight excluding hydrogens is 276 g/mol. The van der Waals surface area contributed by atoms with Crippen molar-refractivity contribution in [2.75, 3.05) is 52.9 Å². The molecule has 0 aliphatic carbocycles. The fourth-order valence-corrected chi connectivity index (χ4v) is 3.64. The van der Waals surface area contributed by atoms with E-state index in [1.165, 1.54) is 32.5 Å². The third-order valence-electron chi connectivity index (χ3n) is 4.95. The van der Waals surface area contributed by atoms with E-state index in [-0.39, 0.29) is 0 Å². The topological polar surface area (TPSA) is 40.1 Å². The number of rotatable bonds is 5. The summed E-state index contributed by atoms with van der Waals surface area (Å²) >= 11 is 0. The van der Waals surface area contributed by atoms with Crippen LogP contribution in [0.25, 0.3) is 0 Å². The zero-order valence-corrected chi connectivity index (χ0v) is 14.7. The first-order valence-electron chi connectivity index (χ1n) is 9.06. The van der Waals surface area contributed by atoms with Crippen molar-refractivity contribution in [1.82, 2.24) is 15.1 Å². The number of nitrogens with zero attached hydrogens (tertiary/aromatic N) is 3. The Morgan fingerprint density at radius 3 is 2.59 bits per heavy atom. The molecule has 0 aromatic heterocycles. The lowest BCUT2D eigenvalue weighted by Crippen LogP contribution is -2.49. The number of hydrogen-bond donors (Lipinski definition) is 1. The van der Waals surface area contributed by atoms with Crippen molar-refractivity contribution < 1.29 is 4.74 Å². The van der Waals surface area contributed by atoms with E-state index in [9.17, 15) is 0 Å². The number of aliphatic imine (C=N–C) groups is 1. The molecule has 2 rings (SSSR count). The van der Waals surface area contributed by atoms with Gasteiger partial charge >= 0.3 is 0 Å². The quantitative estimate of drug-likeness (QED) is 0.621. The Bertz CT molecular complexity index is 340. The lowest BCUT2D eigenvalue weighted by molar-refractivity contribution is 0.0263. The summed E-state index contributed by atoms with van der Waals surface area (Å²) in [6.45, 7) is 12.0. The van der Waals surface area contributed by atoms with Crippen LogP contribution in [0.1, 0.15) is 39.5 Å². The summed E-state index contributed by atoms with van der Waals surface area (Å²) in [5.74, 6) is 1.83. The molecule has 2 aliphatic rings. The molecule has 5 nitrogen and oxygen atoms in total. The van der Waals surface area contributed by atoms with Gasteiger partial charge in [0.25, 0.3) is 0 Å². The van der Waals surface area contributed by atoms with Gasteiger partial charge in [0.15, 0.2) is 5.96 Å². The lowest BCUT2D eigenvalue weighted by atomic mass is 9.98. The van der Waals surface area contributed by atoms with Crippen LogP contribution in [-0.4, -0.2) is 74.8 Å². The standard InChI is InChI=1S/C17H34N4O/c1-4-20-10-6-7-15(14-20)13-19-17(18-3)21-11-8-16(9-12-21)22-5-2/h15-16H,4-14H2,1-3H3,(H,18,19). The zero-order valence-electron chi connectivity index (χ0n) is 14.7. The predicted octanol–water partition coefficient (Wildman–Crippen LogP) is 1.79. The average molecular weight is 310 g/mol. The summed E-state index contributed by atoms with van der Waals surface area (Å²) in [6.07, 6.45) is 5.34. The Morgan fingerprint density at radius 2 is 1.95 bits per heavy atom. The minimum Gasteiger partial charge on any atom is -0.378 e. The summed E-state index contributed by atoms with van der Waals surface area (Å²) in [7, 11) is 1.90. The second-order valence-corrected chi connectivity index (χ2v) is 6.47. The zero-order chi connectivity index (χ0) is 15.8. The molecule has 0 aromatic carbocycles. The van der Waals surface area contributed by atoms with Crippen LogP contribution in [0.4, 0.5) is 0 Å². The second-order valence-electron chi connectivity index (χ2n) is 6.47. The normalized spacial score (nSPS) is 25.5. The predicted molar refractivity (Wildman–Crippen MR) is 92.4 cm³/mol. The van der Waals surface area contributed by atoms with E-state index < -0.39 is 0 Å². The highest BCUT2D eigenvalue weighted by molar-refractivity contribution is 5.79. The maximum Gasteiger partial charge on any atom is 0.193 e. The second kappa shape index (κ2) is 9.36. The molecular formula is C17H34N4O. The number of nitrogens with one attached hydrogen (secondary N) is 1. The monoisotopic (exact) mass is 310 g/mol. The SMILES string of the molecule is CCOC1CCN(C(=NC)NCC2CCCN(CC)C2)CC1. The molecule has 22 heavy (non-hydrogen) atoms. The van der Waals surface area contributed by atoms with Gasteiger partial charge in [0.05, 0.1) is 6.10 Å². The minimum absolute atomic E-state index is 0.441. The summed E-state index contributed by atoms with van der Waals surface area (Å²) < 4.78 is 5.73. The Kier molecular flexibility index (Phi) is 7.46. The minimum atomic E-state index is 0.441. The third kappa shape index (κ3) is 5.13. The van der Waals surface area contributed by atoms with E-state index in [4.69, 9.17) is 4.74 Å². The van der Waals surface area contributed by atoms with Crippen LogP contribution in [0, 0.1) is 5.92 Å². The summed E-state index contributed by atoms with van der Waals surface area (Å²) in [5.41, 5.74) is 0. The summed E-state index contributed by atoms with van der Waals surface area (Å²) in [5, 5.41) is 3.61. The molecule has 2 fully saturated rings. The number of hydrogen-bond acceptors (Lipinski definition) is 3. The maximum atomic E-state index is 5.73. The number of piperidine rings is 2. The molecule has 2 saturated heterocycles. The molecule has 0 saturated carbocycles. The van der Waals surface area contributed by atoms with E-state index >= 15 is 0 Å². The molecule has 1 unspecified atom stereocenters.